The Labute approximate surface area is 35.4 Å². The lowest BCUT2D eigenvalue weighted by Crippen LogP contribution is -1.85. The van der Waals surface area contributed by atoms with E-state index in [0.29, 0.717) is 0 Å². The Morgan fingerprint density at radius 3 is 2.60 bits per heavy atom. The summed E-state index contributed by atoms with van der Waals surface area (Å²) < 4.78 is 6.65. The molecule has 0 heterocycles. The molecule has 2 unspecified atom stereocenters. The van der Waals surface area contributed by atoms with Crippen LogP contribution in [0.3, 0.4) is 0 Å². The van der Waals surface area contributed by atoms with Crippen molar-refractivity contribution < 1.29 is 6.17 Å². The minimum Gasteiger partial charge on any atom is -0.300 e. The smallest absolute Gasteiger partial charge is 0.133 e. The molecule has 1 nitrogen and oxygen atoms in total. The van der Waals surface area contributed by atoms with Crippen LogP contribution in [0.4, 0.5) is 0 Å². The molecule has 0 aliphatic rings. The molecule has 2 atom stereocenters. The van der Waals surface area contributed by atoms with Gasteiger partial charge in [-0.15, -0.1) is 9.24 Å². The van der Waals surface area contributed by atoms with Crippen LogP contribution in [0, 0.1) is 0 Å². The first-order valence-electron chi connectivity index (χ1n) is 1.90. The molecule has 0 aromatic carbocycles. The Hall–Kier alpha value is 0.100. The first-order valence-corrected chi connectivity index (χ1v) is 1.99. The van der Waals surface area contributed by atoms with Crippen LogP contribution < -0.4 is 0 Å². The maximum Gasteiger partial charge on any atom is 0.133 e. The van der Waals surface area contributed by atoms with Gasteiger partial charge in [0.25, 0.3) is 0 Å². The first-order chi connectivity index (χ1) is 2.64. The molecular weight excluding hydrogens is 83.0 g/mol. The summed E-state index contributed by atoms with van der Waals surface area (Å²) in [6.07, 6.45) is -0.620. The monoisotopic (exact) mass is 92.0 g/mol. The molecule has 0 aromatic rings. The number of hydrogen-bond acceptors (Lipinski definition) is 1. The molecule has 0 aliphatic heterocycles. The van der Waals surface area contributed by atoms with Gasteiger partial charge >= 0.3 is 0 Å². The molecule has 5 heavy (non-hydrogen) atoms. The third-order valence-corrected chi connectivity index (χ3v) is 0.704. The molecule has 2 heteroatoms. The fourth-order valence-corrected chi connectivity index (χ4v) is 0. The largest absolute Gasteiger partial charge is 0.300 e. The average Bonchev–Trinajstić information content (AvgIpc) is 1.36. The molecule has 0 saturated heterocycles. The molecule has 30 valence electrons. The number of hydrogen-bond donors (Lipinski definition) is 0. The standard InChI is InChI=1S/C3H7OP/c1-3(4)2-5/h2,5H2,1H3/i2T. The zero-order valence-electron chi connectivity index (χ0n) is 4.06. The van der Waals surface area contributed by atoms with Crippen molar-refractivity contribution in [3.8, 4) is 0 Å². The quantitative estimate of drug-likeness (QED) is 0.429. The van der Waals surface area contributed by atoms with Crippen LogP contribution in [0.1, 0.15) is 8.29 Å². The Kier molecular flexibility index (Phi) is 1.55. The van der Waals surface area contributed by atoms with Gasteiger partial charge in [-0.05, 0) is 6.92 Å². The topological polar surface area (TPSA) is 17.1 Å². The second kappa shape index (κ2) is 2.34. The van der Waals surface area contributed by atoms with Gasteiger partial charge in [-0.1, -0.05) is 0 Å². The van der Waals surface area contributed by atoms with Gasteiger partial charge in [0.15, 0.2) is 0 Å². The summed E-state index contributed by atoms with van der Waals surface area (Å²) in [6.45, 7) is 1.39. The molecule has 0 fully saturated rings. The Morgan fingerprint density at radius 2 is 2.60 bits per heavy atom. The van der Waals surface area contributed by atoms with E-state index in [0.717, 1.165) is 0 Å². The highest BCUT2D eigenvalue weighted by Crippen LogP contribution is 1.77. The molecule has 0 rings (SSSR count). The van der Waals surface area contributed by atoms with Crippen molar-refractivity contribution in [3.63, 3.8) is 0 Å². The highest BCUT2D eigenvalue weighted by Gasteiger charge is 1.77. The zero-order chi connectivity index (χ0) is 5.15. The summed E-state index contributed by atoms with van der Waals surface area (Å²) in [5.74, 6) is -0.111. The summed E-state index contributed by atoms with van der Waals surface area (Å²) in [7, 11) is 2.09. The minimum absolute atomic E-state index is 0.111. The van der Waals surface area contributed by atoms with E-state index in [1.54, 1.807) is 0 Å². The second-order valence-corrected chi connectivity index (χ2v) is 1.11. The van der Waals surface area contributed by atoms with E-state index in [1.807, 2.05) is 0 Å². The van der Waals surface area contributed by atoms with Gasteiger partial charge in [0, 0.05) is 7.51 Å². The van der Waals surface area contributed by atoms with E-state index in [4.69, 9.17) is 1.37 Å². The Bertz CT molecular complexity index is 61.8. The van der Waals surface area contributed by atoms with E-state index >= 15 is 0 Å². The summed E-state index contributed by atoms with van der Waals surface area (Å²) >= 11 is 0. The van der Waals surface area contributed by atoms with Crippen molar-refractivity contribution in [1.29, 1.82) is 0 Å². The zero-order valence-corrected chi connectivity index (χ0v) is 4.22. The predicted molar refractivity (Wildman–Crippen MR) is 25.3 cm³/mol. The van der Waals surface area contributed by atoms with Crippen LogP contribution in [0.2, 0.25) is 0 Å². The number of rotatable bonds is 1. The number of Topliss-reactive ketones (excluding diaryl/α,β-unsaturated/α-hetero) is 1. The molecule has 0 saturated carbocycles. The molecule has 0 N–H and O–H groups in total. The van der Waals surface area contributed by atoms with E-state index < -0.39 is 6.14 Å². The van der Waals surface area contributed by atoms with Crippen LogP contribution in [-0.4, -0.2) is 11.9 Å². The summed E-state index contributed by atoms with van der Waals surface area (Å²) in [5.41, 5.74) is 0. The highest BCUT2D eigenvalue weighted by molar-refractivity contribution is 7.18. The van der Waals surface area contributed by atoms with Crippen LogP contribution in [0.15, 0.2) is 0 Å². The SMILES string of the molecule is [3H]C(P)C(C)=O. The van der Waals surface area contributed by atoms with Crippen molar-refractivity contribution in [2.24, 2.45) is 0 Å². The molecule has 0 radical (unpaired) electrons. The van der Waals surface area contributed by atoms with Gasteiger partial charge < -0.3 is 0 Å². The van der Waals surface area contributed by atoms with Crippen molar-refractivity contribution in [3.05, 3.63) is 0 Å². The lowest BCUT2D eigenvalue weighted by atomic mass is 10.5. The molecule has 0 bridgehead atoms. The summed E-state index contributed by atoms with van der Waals surface area (Å²) in [5, 5.41) is 0. The van der Waals surface area contributed by atoms with Crippen LogP contribution in [0.25, 0.3) is 0 Å². The van der Waals surface area contributed by atoms with Crippen LogP contribution in [-0.2, 0) is 4.79 Å². The van der Waals surface area contributed by atoms with Crippen LogP contribution in [0.5, 0.6) is 0 Å². The van der Waals surface area contributed by atoms with Gasteiger partial charge in [0.1, 0.15) is 5.78 Å². The summed E-state index contributed by atoms with van der Waals surface area (Å²) in [6, 6.07) is 0. The lowest BCUT2D eigenvalue weighted by molar-refractivity contribution is -0.114. The molecule has 0 aliphatic carbocycles. The number of carbonyl (C=O) groups is 1. The molecular formula is C3H7OP. The van der Waals surface area contributed by atoms with E-state index in [9.17, 15) is 4.79 Å². The van der Waals surface area contributed by atoms with Gasteiger partial charge in [-0.2, -0.15) is 0 Å². The van der Waals surface area contributed by atoms with Crippen molar-refractivity contribution >= 4 is 15.0 Å². The van der Waals surface area contributed by atoms with Gasteiger partial charge in [0.05, 0.1) is 0 Å². The Balaban J connectivity index is 3.26. The van der Waals surface area contributed by atoms with Gasteiger partial charge in [0.2, 0.25) is 0 Å². The van der Waals surface area contributed by atoms with Crippen molar-refractivity contribution in [2.45, 2.75) is 6.92 Å². The average molecular weight is 92.1 g/mol. The number of carbonyl (C=O) groups excluding carboxylic acids is 1. The second-order valence-electron chi connectivity index (χ2n) is 0.777. The molecule has 0 aromatic heterocycles. The maximum atomic E-state index is 9.94. The fraction of sp³-hybridized carbons (Fsp3) is 0.667. The third kappa shape index (κ3) is 4.10. The molecule has 0 spiro atoms. The number of ketones is 1. The van der Waals surface area contributed by atoms with E-state index in [1.165, 1.54) is 6.92 Å². The van der Waals surface area contributed by atoms with Gasteiger partial charge in [-0.3, -0.25) is 4.79 Å². The minimum atomic E-state index is -0.620. The van der Waals surface area contributed by atoms with Crippen molar-refractivity contribution in [2.75, 3.05) is 6.14 Å². The van der Waals surface area contributed by atoms with E-state index in [2.05, 4.69) is 9.24 Å². The highest BCUT2D eigenvalue weighted by atomic mass is 31.0. The third-order valence-electron chi connectivity index (χ3n) is 0.235. The lowest BCUT2D eigenvalue weighted by Gasteiger charge is -1.71. The van der Waals surface area contributed by atoms with Crippen molar-refractivity contribution in [1.82, 2.24) is 0 Å². The maximum absolute atomic E-state index is 9.94. The summed E-state index contributed by atoms with van der Waals surface area (Å²) in [4.78, 5) is 9.94. The van der Waals surface area contributed by atoms with Gasteiger partial charge in [-0.25, -0.2) is 0 Å². The predicted octanol–water partition coefficient (Wildman–Crippen LogP) is 0.451. The normalized spacial score (nSPS) is 16.8. The molecule has 0 amide bonds. The fourth-order valence-electron chi connectivity index (χ4n) is 0. The van der Waals surface area contributed by atoms with Crippen LogP contribution >= 0.6 is 9.24 Å². The first kappa shape index (κ1) is 3.30. The van der Waals surface area contributed by atoms with E-state index in [-0.39, 0.29) is 5.78 Å². The Morgan fingerprint density at radius 1 is 2.40 bits per heavy atom.